The molecule has 0 saturated carbocycles. The van der Waals surface area contributed by atoms with Crippen molar-refractivity contribution >= 4 is 11.7 Å². The molecule has 2 fully saturated rings. The predicted molar refractivity (Wildman–Crippen MR) is 90.3 cm³/mol. The molecular formula is C18H26FN3O2. The first-order valence-corrected chi connectivity index (χ1v) is 8.92. The zero-order chi connectivity index (χ0) is 16.9. The summed E-state index contributed by atoms with van der Waals surface area (Å²) in [5, 5.41) is 3.22. The minimum absolute atomic E-state index is 0.0432. The molecule has 0 spiro atoms. The number of ether oxygens (including phenoxy) is 1. The van der Waals surface area contributed by atoms with Gasteiger partial charge in [-0.05, 0) is 37.3 Å². The Kier molecular flexibility index (Phi) is 5.66. The summed E-state index contributed by atoms with van der Waals surface area (Å²) in [7, 11) is 0. The third-order valence-electron chi connectivity index (χ3n) is 5.06. The molecule has 2 aliphatic rings. The third kappa shape index (κ3) is 3.86. The topological polar surface area (TPSA) is 54.5 Å². The number of carbonyl (C=O) groups excluding carboxylic acids is 1. The van der Waals surface area contributed by atoms with Crippen molar-refractivity contribution in [1.29, 1.82) is 0 Å². The normalized spacial score (nSPS) is 25.0. The maximum atomic E-state index is 14.0. The number of carbonyl (C=O) groups is 1. The van der Waals surface area contributed by atoms with E-state index in [-0.39, 0.29) is 23.7 Å². The summed E-state index contributed by atoms with van der Waals surface area (Å²) in [5.41, 5.74) is 0. The Morgan fingerprint density at radius 3 is 2.92 bits per heavy atom. The Morgan fingerprint density at radius 2 is 2.21 bits per heavy atom. The van der Waals surface area contributed by atoms with Crippen LogP contribution in [-0.4, -0.2) is 43.2 Å². The monoisotopic (exact) mass is 335 g/mol. The van der Waals surface area contributed by atoms with Crippen molar-refractivity contribution in [2.24, 2.45) is 11.8 Å². The highest BCUT2D eigenvalue weighted by Crippen LogP contribution is 2.28. The van der Waals surface area contributed by atoms with Crippen LogP contribution < -0.4 is 10.2 Å². The maximum Gasteiger partial charge on any atom is 0.223 e. The second-order valence-electron chi connectivity index (χ2n) is 6.76. The lowest BCUT2D eigenvalue weighted by atomic mass is 9.95. The van der Waals surface area contributed by atoms with Crippen LogP contribution in [0, 0.1) is 17.7 Å². The van der Waals surface area contributed by atoms with Crippen molar-refractivity contribution in [2.45, 2.75) is 38.6 Å². The summed E-state index contributed by atoms with van der Waals surface area (Å²) in [6.45, 7) is 4.81. The fraction of sp³-hybridized carbons (Fsp3) is 0.667. The zero-order valence-corrected chi connectivity index (χ0v) is 14.2. The number of halogens is 1. The average molecular weight is 335 g/mol. The molecular weight excluding hydrogens is 309 g/mol. The van der Waals surface area contributed by atoms with Gasteiger partial charge in [-0.1, -0.05) is 13.3 Å². The predicted octanol–water partition coefficient (Wildman–Crippen LogP) is 2.37. The van der Waals surface area contributed by atoms with Crippen LogP contribution in [0.25, 0.3) is 0 Å². The first-order valence-electron chi connectivity index (χ1n) is 8.92. The second kappa shape index (κ2) is 7.92. The van der Waals surface area contributed by atoms with Crippen molar-refractivity contribution in [1.82, 2.24) is 10.3 Å². The van der Waals surface area contributed by atoms with Crippen LogP contribution in [0.5, 0.6) is 0 Å². The molecule has 132 valence electrons. The summed E-state index contributed by atoms with van der Waals surface area (Å²) >= 11 is 0. The van der Waals surface area contributed by atoms with E-state index in [0.29, 0.717) is 31.5 Å². The second-order valence-corrected chi connectivity index (χ2v) is 6.76. The molecule has 0 radical (unpaired) electrons. The third-order valence-corrected chi connectivity index (χ3v) is 5.06. The summed E-state index contributed by atoms with van der Waals surface area (Å²) < 4.78 is 19.4. The van der Waals surface area contributed by atoms with Gasteiger partial charge >= 0.3 is 0 Å². The maximum absolute atomic E-state index is 14.0. The zero-order valence-electron chi connectivity index (χ0n) is 14.2. The molecule has 3 heterocycles. The van der Waals surface area contributed by atoms with E-state index < -0.39 is 0 Å². The van der Waals surface area contributed by atoms with Gasteiger partial charge in [0, 0.05) is 38.4 Å². The average Bonchev–Trinajstić information content (AvgIpc) is 2.99. The largest absolute Gasteiger partial charge is 0.381 e. The van der Waals surface area contributed by atoms with Gasteiger partial charge in [-0.2, -0.15) is 0 Å². The molecule has 24 heavy (non-hydrogen) atoms. The van der Waals surface area contributed by atoms with Crippen molar-refractivity contribution in [3.05, 3.63) is 24.1 Å². The van der Waals surface area contributed by atoms with E-state index in [2.05, 4.69) is 17.2 Å². The number of rotatable bonds is 5. The molecule has 1 aromatic heterocycles. The molecule has 0 bridgehead atoms. The van der Waals surface area contributed by atoms with Gasteiger partial charge in [0.1, 0.15) is 0 Å². The molecule has 2 atom stereocenters. The van der Waals surface area contributed by atoms with Gasteiger partial charge in [0.2, 0.25) is 5.91 Å². The highest BCUT2D eigenvalue weighted by atomic mass is 19.1. The van der Waals surface area contributed by atoms with Gasteiger partial charge in [-0.15, -0.1) is 0 Å². The minimum Gasteiger partial charge on any atom is -0.381 e. The number of pyridine rings is 1. The molecule has 0 aromatic carbocycles. The molecule has 2 aliphatic heterocycles. The molecule has 3 rings (SSSR count). The van der Waals surface area contributed by atoms with Crippen LogP contribution in [0.4, 0.5) is 10.2 Å². The lowest BCUT2D eigenvalue weighted by Gasteiger charge is -2.25. The quantitative estimate of drug-likeness (QED) is 0.897. The first-order chi connectivity index (χ1) is 11.7. The van der Waals surface area contributed by atoms with E-state index >= 15 is 0 Å². The van der Waals surface area contributed by atoms with Crippen LogP contribution in [0.3, 0.4) is 0 Å². The molecule has 1 amide bonds. The van der Waals surface area contributed by atoms with Crippen molar-refractivity contribution in [2.75, 3.05) is 31.2 Å². The summed E-state index contributed by atoms with van der Waals surface area (Å²) in [4.78, 5) is 18.7. The van der Waals surface area contributed by atoms with E-state index in [4.69, 9.17) is 4.74 Å². The fourth-order valence-corrected chi connectivity index (χ4v) is 3.74. The number of nitrogens with zero attached hydrogens (tertiary/aromatic N) is 2. The Morgan fingerprint density at radius 1 is 1.42 bits per heavy atom. The Hall–Kier alpha value is -1.69. The van der Waals surface area contributed by atoms with Gasteiger partial charge in [0.15, 0.2) is 11.6 Å². The van der Waals surface area contributed by atoms with Crippen LogP contribution in [0.1, 0.15) is 32.6 Å². The van der Waals surface area contributed by atoms with Crippen LogP contribution in [-0.2, 0) is 9.53 Å². The molecule has 1 aromatic rings. The number of aromatic nitrogens is 1. The number of hydrogen-bond acceptors (Lipinski definition) is 4. The van der Waals surface area contributed by atoms with Gasteiger partial charge in [-0.25, -0.2) is 9.37 Å². The number of nitrogens with one attached hydrogen (secondary N) is 1. The number of anilines is 1. The standard InChI is InChI=1S/C18H26FN3O2/c1-2-4-14-11-22(17-15(19)5-3-8-20-17)12-16(14)21-18(23)13-6-9-24-10-7-13/h3,5,8,13-14,16H,2,4,6-7,9-12H2,1H3,(H,21,23)/t14-,16-/m1/s1. The highest BCUT2D eigenvalue weighted by Gasteiger charge is 2.36. The lowest BCUT2D eigenvalue weighted by molar-refractivity contribution is -0.128. The minimum atomic E-state index is -0.302. The fourth-order valence-electron chi connectivity index (χ4n) is 3.74. The lowest BCUT2D eigenvalue weighted by Crippen LogP contribution is -2.44. The first kappa shape index (κ1) is 17.1. The molecule has 2 saturated heterocycles. The van der Waals surface area contributed by atoms with Gasteiger partial charge in [-0.3, -0.25) is 4.79 Å². The number of amides is 1. The molecule has 0 unspecified atom stereocenters. The highest BCUT2D eigenvalue weighted by molar-refractivity contribution is 5.79. The summed E-state index contributed by atoms with van der Waals surface area (Å²) in [6.07, 6.45) is 5.25. The van der Waals surface area contributed by atoms with Crippen molar-refractivity contribution < 1.29 is 13.9 Å². The Bertz CT molecular complexity index is 563. The van der Waals surface area contributed by atoms with E-state index in [1.54, 1.807) is 12.3 Å². The Balaban J connectivity index is 1.66. The van der Waals surface area contributed by atoms with Crippen molar-refractivity contribution in [3.63, 3.8) is 0 Å². The van der Waals surface area contributed by atoms with E-state index in [1.807, 2.05) is 4.90 Å². The molecule has 6 heteroatoms. The van der Waals surface area contributed by atoms with Gasteiger partial charge < -0.3 is 15.0 Å². The molecule has 1 N–H and O–H groups in total. The summed E-state index contributed by atoms with van der Waals surface area (Å²) in [6, 6.07) is 3.09. The van der Waals surface area contributed by atoms with Crippen LogP contribution in [0.15, 0.2) is 18.3 Å². The van der Waals surface area contributed by atoms with E-state index in [0.717, 1.165) is 32.2 Å². The molecule has 5 nitrogen and oxygen atoms in total. The summed E-state index contributed by atoms with van der Waals surface area (Å²) in [5.74, 6) is 0.583. The smallest absolute Gasteiger partial charge is 0.223 e. The SMILES string of the molecule is CCC[C@@H]1CN(c2ncccc2F)C[C@H]1NC(=O)C1CCOCC1. The number of hydrogen-bond donors (Lipinski definition) is 1. The van der Waals surface area contributed by atoms with Gasteiger partial charge in [0.25, 0.3) is 0 Å². The van der Waals surface area contributed by atoms with Crippen molar-refractivity contribution in [3.8, 4) is 0 Å². The van der Waals surface area contributed by atoms with Crippen LogP contribution in [0.2, 0.25) is 0 Å². The van der Waals surface area contributed by atoms with Gasteiger partial charge in [0.05, 0.1) is 6.04 Å². The molecule has 0 aliphatic carbocycles. The van der Waals surface area contributed by atoms with E-state index in [9.17, 15) is 9.18 Å². The van der Waals surface area contributed by atoms with Crippen LogP contribution >= 0.6 is 0 Å². The van der Waals surface area contributed by atoms with E-state index in [1.165, 1.54) is 6.07 Å². The Labute approximate surface area is 142 Å².